The van der Waals surface area contributed by atoms with Crippen LogP contribution in [0.15, 0.2) is 42.3 Å². The Balaban J connectivity index is 1.46. The molecule has 0 unspecified atom stereocenters. The van der Waals surface area contributed by atoms with E-state index in [2.05, 4.69) is 31.4 Å². The predicted molar refractivity (Wildman–Crippen MR) is 110 cm³/mol. The van der Waals surface area contributed by atoms with E-state index < -0.39 is 0 Å². The Morgan fingerprint density at radius 3 is 2.92 bits per heavy atom. The van der Waals surface area contributed by atoms with Crippen molar-refractivity contribution in [1.29, 1.82) is 0 Å². The summed E-state index contributed by atoms with van der Waals surface area (Å²) in [6.07, 6.45) is 6.34. The molecule has 1 saturated carbocycles. The highest BCUT2D eigenvalue weighted by Gasteiger charge is 2.15. The zero-order chi connectivity index (χ0) is 17.9. The van der Waals surface area contributed by atoms with Crippen LogP contribution < -0.4 is 10.9 Å². The summed E-state index contributed by atoms with van der Waals surface area (Å²) in [4.78, 5) is 11.8. The van der Waals surface area contributed by atoms with Crippen molar-refractivity contribution in [3.63, 3.8) is 0 Å². The molecule has 0 atom stereocenters. The average Bonchev–Trinajstić information content (AvgIpc) is 3.07. The van der Waals surface area contributed by atoms with Crippen LogP contribution in [0.5, 0.6) is 0 Å². The summed E-state index contributed by atoms with van der Waals surface area (Å²) < 4.78 is 7.09. The first-order valence-electron chi connectivity index (χ1n) is 8.62. The molecule has 8 heteroatoms. The van der Waals surface area contributed by atoms with Crippen LogP contribution in [0.3, 0.4) is 0 Å². The van der Waals surface area contributed by atoms with Crippen LogP contribution in [0.4, 0.5) is 5.13 Å². The topological polar surface area (TPSA) is 68.0 Å². The molecule has 0 saturated heterocycles. The molecule has 1 aromatic carbocycles. The van der Waals surface area contributed by atoms with Crippen molar-refractivity contribution in [2.75, 3.05) is 5.32 Å². The van der Waals surface area contributed by atoms with Gasteiger partial charge in [-0.2, -0.15) is 0 Å². The molecule has 2 aromatic heterocycles. The fourth-order valence-electron chi connectivity index (χ4n) is 3.21. The van der Waals surface area contributed by atoms with Crippen molar-refractivity contribution in [2.24, 2.45) is 0 Å². The van der Waals surface area contributed by atoms with E-state index in [9.17, 15) is 4.79 Å². The number of anilines is 1. The number of hydrogen-bond donors (Lipinski definition) is 1. The molecular formula is C18H18BrN3O2S2. The van der Waals surface area contributed by atoms with Gasteiger partial charge in [0.1, 0.15) is 5.58 Å². The highest BCUT2D eigenvalue weighted by Crippen LogP contribution is 2.32. The molecular weight excluding hydrogens is 434 g/mol. The molecule has 0 radical (unpaired) electrons. The van der Waals surface area contributed by atoms with E-state index in [1.165, 1.54) is 32.1 Å². The quantitative estimate of drug-likeness (QED) is 0.411. The molecule has 0 bridgehead atoms. The Bertz CT molecular complexity index is 966. The molecule has 3 aromatic rings. The molecule has 136 valence electrons. The van der Waals surface area contributed by atoms with E-state index in [0.29, 0.717) is 17.4 Å². The predicted octanol–water partition coefficient (Wildman–Crippen LogP) is 5.44. The highest BCUT2D eigenvalue weighted by molar-refractivity contribution is 9.10. The number of hydrogen-bond acceptors (Lipinski definition) is 7. The average molecular weight is 452 g/mol. The number of fused-ring (bicyclic) bond motifs is 1. The fraction of sp³-hybridized carbons (Fsp3) is 0.389. The SMILES string of the molecule is O=c1cc(CSc2nnc(NC3CCCCC3)s2)c2ccc(Br)cc2o1. The van der Waals surface area contributed by atoms with Gasteiger partial charge in [0.25, 0.3) is 0 Å². The van der Waals surface area contributed by atoms with Gasteiger partial charge in [-0.25, -0.2) is 4.79 Å². The Kier molecular flexibility index (Phi) is 5.61. The molecule has 1 fully saturated rings. The van der Waals surface area contributed by atoms with Gasteiger partial charge in [-0.3, -0.25) is 0 Å². The maximum Gasteiger partial charge on any atom is 0.336 e. The zero-order valence-corrected chi connectivity index (χ0v) is 17.3. The van der Waals surface area contributed by atoms with Crippen LogP contribution in [-0.2, 0) is 5.75 Å². The summed E-state index contributed by atoms with van der Waals surface area (Å²) >= 11 is 6.58. The van der Waals surface area contributed by atoms with Crippen LogP contribution in [0, 0.1) is 0 Å². The molecule has 26 heavy (non-hydrogen) atoms. The lowest BCUT2D eigenvalue weighted by molar-refractivity contribution is 0.462. The maximum absolute atomic E-state index is 11.8. The number of halogens is 1. The third kappa shape index (κ3) is 4.29. The number of nitrogens with zero attached hydrogens (tertiary/aromatic N) is 2. The second-order valence-corrected chi connectivity index (χ2v) is 9.49. The van der Waals surface area contributed by atoms with E-state index in [1.807, 2.05) is 18.2 Å². The second-order valence-electron chi connectivity index (χ2n) is 6.37. The lowest BCUT2D eigenvalue weighted by Crippen LogP contribution is -2.21. The molecule has 0 amide bonds. The number of rotatable bonds is 5. The van der Waals surface area contributed by atoms with E-state index in [1.54, 1.807) is 29.2 Å². The molecule has 0 aliphatic heterocycles. The van der Waals surface area contributed by atoms with Crippen LogP contribution in [0.1, 0.15) is 37.7 Å². The van der Waals surface area contributed by atoms with Crippen molar-refractivity contribution in [3.8, 4) is 0 Å². The lowest BCUT2D eigenvalue weighted by Gasteiger charge is -2.21. The van der Waals surface area contributed by atoms with Gasteiger partial charge in [0, 0.05) is 27.7 Å². The Labute approximate surface area is 167 Å². The third-order valence-electron chi connectivity index (χ3n) is 4.48. The van der Waals surface area contributed by atoms with Gasteiger partial charge < -0.3 is 9.73 Å². The molecule has 1 aliphatic carbocycles. The lowest BCUT2D eigenvalue weighted by atomic mass is 9.96. The number of nitrogens with one attached hydrogen (secondary N) is 1. The summed E-state index contributed by atoms with van der Waals surface area (Å²) in [7, 11) is 0. The highest BCUT2D eigenvalue weighted by atomic mass is 79.9. The summed E-state index contributed by atoms with van der Waals surface area (Å²) in [5.41, 5.74) is 1.22. The van der Waals surface area contributed by atoms with E-state index >= 15 is 0 Å². The van der Waals surface area contributed by atoms with Crippen LogP contribution in [0.2, 0.25) is 0 Å². The zero-order valence-electron chi connectivity index (χ0n) is 14.0. The smallest absolute Gasteiger partial charge is 0.336 e. The number of thioether (sulfide) groups is 1. The van der Waals surface area contributed by atoms with Gasteiger partial charge in [0.2, 0.25) is 5.13 Å². The Morgan fingerprint density at radius 1 is 1.23 bits per heavy atom. The van der Waals surface area contributed by atoms with E-state index in [-0.39, 0.29) is 5.63 Å². The van der Waals surface area contributed by atoms with Gasteiger partial charge in [-0.15, -0.1) is 10.2 Å². The number of benzene rings is 1. The van der Waals surface area contributed by atoms with Gasteiger partial charge in [0.15, 0.2) is 4.34 Å². The maximum atomic E-state index is 11.8. The van der Waals surface area contributed by atoms with Crippen molar-refractivity contribution >= 4 is 55.1 Å². The second kappa shape index (κ2) is 8.10. The van der Waals surface area contributed by atoms with Crippen molar-refractivity contribution in [3.05, 3.63) is 44.7 Å². The largest absolute Gasteiger partial charge is 0.423 e. The normalized spacial score (nSPS) is 15.4. The summed E-state index contributed by atoms with van der Waals surface area (Å²) in [6.45, 7) is 0. The first-order chi connectivity index (χ1) is 12.7. The first-order valence-corrected chi connectivity index (χ1v) is 11.2. The summed E-state index contributed by atoms with van der Waals surface area (Å²) in [5, 5.41) is 13.9. The fourth-order valence-corrected chi connectivity index (χ4v) is 5.37. The van der Waals surface area contributed by atoms with Crippen molar-refractivity contribution in [1.82, 2.24) is 10.2 Å². The Morgan fingerprint density at radius 2 is 2.08 bits per heavy atom. The van der Waals surface area contributed by atoms with Gasteiger partial charge in [0.05, 0.1) is 0 Å². The minimum absolute atomic E-state index is 0.330. The standard InChI is InChI=1S/C18H18BrN3O2S2/c19-12-6-7-14-11(8-16(23)24-15(14)9-12)10-25-18-22-21-17(26-18)20-13-4-2-1-3-5-13/h6-9,13H,1-5,10H2,(H,20,21). The van der Waals surface area contributed by atoms with Crippen LogP contribution >= 0.6 is 39.0 Å². The van der Waals surface area contributed by atoms with Gasteiger partial charge >= 0.3 is 5.63 Å². The van der Waals surface area contributed by atoms with E-state index in [4.69, 9.17) is 4.42 Å². The van der Waals surface area contributed by atoms with Crippen LogP contribution in [0.25, 0.3) is 11.0 Å². The minimum Gasteiger partial charge on any atom is -0.423 e. The van der Waals surface area contributed by atoms with E-state index in [0.717, 1.165) is 24.9 Å². The molecule has 2 heterocycles. The minimum atomic E-state index is -0.330. The summed E-state index contributed by atoms with van der Waals surface area (Å²) in [5.74, 6) is 0.655. The molecule has 1 aliphatic rings. The third-order valence-corrected chi connectivity index (χ3v) is 7.01. The number of aromatic nitrogens is 2. The van der Waals surface area contributed by atoms with Crippen LogP contribution in [-0.4, -0.2) is 16.2 Å². The molecule has 1 N–H and O–H groups in total. The molecule has 4 rings (SSSR count). The van der Waals surface area contributed by atoms with Crippen molar-refractivity contribution < 1.29 is 4.42 Å². The first kappa shape index (κ1) is 18.0. The summed E-state index contributed by atoms with van der Waals surface area (Å²) in [6, 6.07) is 7.82. The molecule has 5 nitrogen and oxygen atoms in total. The van der Waals surface area contributed by atoms with Gasteiger partial charge in [-0.1, -0.05) is 58.3 Å². The van der Waals surface area contributed by atoms with Gasteiger partial charge in [-0.05, 0) is 36.6 Å². The molecule has 0 spiro atoms. The van der Waals surface area contributed by atoms with Crippen molar-refractivity contribution in [2.45, 2.75) is 48.2 Å². The monoisotopic (exact) mass is 451 g/mol. The Hall–Kier alpha value is -1.38.